The molecule has 2 heteroatoms. The lowest BCUT2D eigenvalue weighted by molar-refractivity contribution is 0.00723. The molecule has 2 saturated heterocycles. The highest BCUT2D eigenvalue weighted by Gasteiger charge is 2.51. The van der Waals surface area contributed by atoms with Crippen LogP contribution in [0.1, 0.15) is 20.3 Å². The standard InChI is InChI=1S/C9H14O2/c1-6-7(2)11-9(3)4-5-10-8(6)9/h6,8H,2,4-5H2,1,3H3/t6-,8-,9-/m1/s1. The molecule has 0 spiro atoms. The molecule has 0 unspecified atom stereocenters. The number of rotatable bonds is 0. The van der Waals surface area contributed by atoms with Crippen molar-refractivity contribution in [1.82, 2.24) is 0 Å². The topological polar surface area (TPSA) is 18.5 Å². The van der Waals surface area contributed by atoms with Crippen LogP contribution in [-0.4, -0.2) is 18.3 Å². The quantitative estimate of drug-likeness (QED) is 0.529. The lowest BCUT2D eigenvalue weighted by atomic mass is 9.92. The van der Waals surface area contributed by atoms with Gasteiger partial charge in [0.25, 0.3) is 0 Å². The molecule has 0 radical (unpaired) electrons. The summed E-state index contributed by atoms with van der Waals surface area (Å²) < 4.78 is 11.2. The fourth-order valence-corrected chi connectivity index (χ4v) is 2.05. The van der Waals surface area contributed by atoms with E-state index < -0.39 is 0 Å². The molecule has 0 amide bonds. The van der Waals surface area contributed by atoms with Crippen LogP contribution < -0.4 is 0 Å². The Balaban J connectivity index is 2.28. The van der Waals surface area contributed by atoms with Crippen LogP contribution >= 0.6 is 0 Å². The molecule has 2 aliphatic rings. The first-order valence-corrected chi connectivity index (χ1v) is 4.13. The molecule has 0 N–H and O–H groups in total. The summed E-state index contributed by atoms with van der Waals surface area (Å²) in [6.07, 6.45) is 1.25. The van der Waals surface area contributed by atoms with Gasteiger partial charge in [0.2, 0.25) is 0 Å². The molecule has 2 aliphatic heterocycles. The van der Waals surface area contributed by atoms with Crippen molar-refractivity contribution in [2.75, 3.05) is 6.61 Å². The molecule has 11 heavy (non-hydrogen) atoms. The second-order valence-electron chi connectivity index (χ2n) is 3.71. The van der Waals surface area contributed by atoms with E-state index in [-0.39, 0.29) is 11.7 Å². The van der Waals surface area contributed by atoms with Gasteiger partial charge in [-0.15, -0.1) is 0 Å². The Labute approximate surface area is 67.2 Å². The summed E-state index contributed by atoms with van der Waals surface area (Å²) in [6, 6.07) is 0. The predicted octanol–water partition coefficient (Wildman–Crippen LogP) is 1.71. The second-order valence-corrected chi connectivity index (χ2v) is 3.71. The van der Waals surface area contributed by atoms with Gasteiger partial charge in [0.05, 0.1) is 12.4 Å². The van der Waals surface area contributed by atoms with Crippen molar-refractivity contribution in [2.45, 2.75) is 32.0 Å². The van der Waals surface area contributed by atoms with Gasteiger partial charge < -0.3 is 9.47 Å². The van der Waals surface area contributed by atoms with Crippen molar-refractivity contribution in [3.05, 3.63) is 12.3 Å². The molecule has 0 aliphatic carbocycles. The summed E-state index contributed by atoms with van der Waals surface area (Å²) in [5.74, 6) is 1.25. The van der Waals surface area contributed by atoms with E-state index in [0.717, 1.165) is 18.8 Å². The van der Waals surface area contributed by atoms with Gasteiger partial charge in [0, 0.05) is 12.3 Å². The molecular weight excluding hydrogens is 140 g/mol. The van der Waals surface area contributed by atoms with Crippen molar-refractivity contribution in [1.29, 1.82) is 0 Å². The molecule has 62 valence electrons. The van der Waals surface area contributed by atoms with Gasteiger partial charge in [0.15, 0.2) is 0 Å². The van der Waals surface area contributed by atoms with E-state index in [9.17, 15) is 0 Å². The molecule has 0 aromatic rings. The molecule has 2 fully saturated rings. The fourth-order valence-electron chi connectivity index (χ4n) is 2.05. The van der Waals surface area contributed by atoms with Crippen LogP contribution in [0.15, 0.2) is 12.3 Å². The van der Waals surface area contributed by atoms with E-state index >= 15 is 0 Å². The Hall–Kier alpha value is -0.500. The van der Waals surface area contributed by atoms with Crippen LogP contribution in [0.2, 0.25) is 0 Å². The van der Waals surface area contributed by atoms with Crippen molar-refractivity contribution in [2.24, 2.45) is 5.92 Å². The van der Waals surface area contributed by atoms with Crippen molar-refractivity contribution >= 4 is 0 Å². The minimum atomic E-state index is -0.0729. The van der Waals surface area contributed by atoms with Gasteiger partial charge in [-0.25, -0.2) is 0 Å². The lowest BCUT2D eigenvalue weighted by Crippen LogP contribution is -2.32. The van der Waals surface area contributed by atoms with E-state index in [1.165, 1.54) is 0 Å². The largest absolute Gasteiger partial charge is 0.489 e. The van der Waals surface area contributed by atoms with Gasteiger partial charge in [-0.05, 0) is 6.92 Å². The summed E-state index contributed by atoms with van der Waals surface area (Å²) in [6.45, 7) is 8.92. The Morgan fingerprint density at radius 1 is 1.64 bits per heavy atom. The van der Waals surface area contributed by atoms with Crippen LogP contribution in [0, 0.1) is 5.92 Å². The first-order chi connectivity index (χ1) is 5.13. The zero-order chi connectivity index (χ0) is 8.06. The third kappa shape index (κ3) is 0.822. The van der Waals surface area contributed by atoms with E-state index in [1.54, 1.807) is 0 Å². The monoisotopic (exact) mass is 154 g/mol. The molecule has 2 rings (SSSR count). The summed E-state index contributed by atoms with van der Waals surface area (Å²) in [7, 11) is 0. The third-order valence-corrected chi connectivity index (χ3v) is 2.82. The van der Waals surface area contributed by atoms with E-state index in [1.807, 2.05) is 0 Å². The summed E-state index contributed by atoms with van der Waals surface area (Å²) in [5.41, 5.74) is -0.0729. The highest BCUT2D eigenvalue weighted by atomic mass is 16.6. The van der Waals surface area contributed by atoms with Crippen LogP contribution in [0.5, 0.6) is 0 Å². The second kappa shape index (κ2) is 2.01. The predicted molar refractivity (Wildman–Crippen MR) is 42.2 cm³/mol. The average Bonchev–Trinajstić information content (AvgIpc) is 2.36. The van der Waals surface area contributed by atoms with Gasteiger partial charge in [-0.2, -0.15) is 0 Å². The van der Waals surface area contributed by atoms with Crippen molar-refractivity contribution < 1.29 is 9.47 Å². The zero-order valence-electron chi connectivity index (χ0n) is 7.09. The summed E-state index contributed by atoms with van der Waals surface area (Å²) >= 11 is 0. The van der Waals surface area contributed by atoms with E-state index in [2.05, 4.69) is 20.4 Å². The Bertz CT molecular complexity index is 200. The highest BCUT2D eigenvalue weighted by Crippen LogP contribution is 2.44. The van der Waals surface area contributed by atoms with Crippen LogP contribution in [0.4, 0.5) is 0 Å². The molecule has 2 nitrogen and oxygen atoms in total. The first-order valence-electron chi connectivity index (χ1n) is 4.13. The third-order valence-electron chi connectivity index (χ3n) is 2.82. The van der Waals surface area contributed by atoms with E-state index in [4.69, 9.17) is 9.47 Å². The maximum Gasteiger partial charge on any atom is 0.135 e. The molecule has 2 heterocycles. The number of fused-ring (bicyclic) bond motifs is 1. The SMILES string of the molecule is C=C1O[C@]2(C)CCO[C@@H]2[C@@H]1C. The van der Waals surface area contributed by atoms with Crippen LogP contribution in [0.3, 0.4) is 0 Å². The van der Waals surface area contributed by atoms with Gasteiger partial charge in [-0.3, -0.25) is 0 Å². The average molecular weight is 154 g/mol. The number of hydrogen-bond acceptors (Lipinski definition) is 2. The maximum absolute atomic E-state index is 5.67. The summed E-state index contributed by atoms with van der Waals surface area (Å²) in [4.78, 5) is 0. The molecule has 0 aromatic heterocycles. The maximum atomic E-state index is 5.67. The smallest absolute Gasteiger partial charge is 0.135 e. The molecular formula is C9H14O2. The highest BCUT2D eigenvalue weighted by molar-refractivity contribution is 5.11. The molecule has 0 saturated carbocycles. The van der Waals surface area contributed by atoms with Gasteiger partial charge >= 0.3 is 0 Å². The van der Waals surface area contributed by atoms with Gasteiger partial charge in [-0.1, -0.05) is 13.5 Å². The normalized spacial score (nSPS) is 49.1. The summed E-state index contributed by atoms with van der Waals surface area (Å²) in [5, 5.41) is 0. The van der Waals surface area contributed by atoms with Gasteiger partial charge in [0.1, 0.15) is 11.7 Å². The lowest BCUT2D eigenvalue weighted by Gasteiger charge is -2.21. The zero-order valence-corrected chi connectivity index (χ0v) is 7.09. The fraction of sp³-hybridized carbons (Fsp3) is 0.778. The Morgan fingerprint density at radius 3 is 3.00 bits per heavy atom. The Kier molecular flexibility index (Phi) is 1.31. The van der Waals surface area contributed by atoms with Crippen molar-refractivity contribution in [3.63, 3.8) is 0 Å². The van der Waals surface area contributed by atoms with Crippen LogP contribution in [0.25, 0.3) is 0 Å². The number of ether oxygens (including phenoxy) is 2. The van der Waals surface area contributed by atoms with Crippen LogP contribution in [-0.2, 0) is 9.47 Å². The minimum Gasteiger partial charge on any atom is -0.489 e. The minimum absolute atomic E-state index is 0.0729. The van der Waals surface area contributed by atoms with E-state index in [0.29, 0.717) is 5.92 Å². The Morgan fingerprint density at radius 2 is 2.36 bits per heavy atom. The number of hydrogen-bond donors (Lipinski definition) is 0. The first kappa shape index (κ1) is 7.17. The van der Waals surface area contributed by atoms with Crippen molar-refractivity contribution in [3.8, 4) is 0 Å². The molecule has 0 aromatic carbocycles. The molecule has 0 bridgehead atoms. The molecule has 3 atom stereocenters.